The zero-order chi connectivity index (χ0) is 15.0. The summed E-state index contributed by atoms with van der Waals surface area (Å²) >= 11 is 5.76. The summed E-state index contributed by atoms with van der Waals surface area (Å²) in [6, 6.07) is 4.59. The molecular formula is C14H15ClFN3O. The minimum Gasteiger partial charge on any atom is -0.382 e. The Kier molecular flexibility index (Phi) is 3.81. The fourth-order valence-corrected chi connectivity index (χ4v) is 2.18. The first-order valence-electron chi connectivity index (χ1n) is 6.18. The van der Waals surface area contributed by atoms with Gasteiger partial charge in [-0.3, -0.25) is 4.79 Å². The van der Waals surface area contributed by atoms with Crippen molar-refractivity contribution in [1.82, 2.24) is 9.78 Å². The summed E-state index contributed by atoms with van der Waals surface area (Å²) < 4.78 is 15.4. The maximum atomic E-state index is 14.0. The fourth-order valence-electron chi connectivity index (χ4n) is 2.01. The van der Waals surface area contributed by atoms with Gasteiger partial charge in [0.1, 0.15) is 5.69 Å². The van der Waals surface area contributed by atoms with Gasteiger partial charge in [-0.15, -0.1) is 5.10 Å². The molecule has 1 aromatic heterocycles. The molecule has 0 unspecified atom stereocenters. The van der Waals surface area contributed by atoms with Gasteiger partial charge in [-0.05, 0) is 19.1 Å². The van der Waals surface area contributed by atoms with Crippen molar-refractivity contribution in [2.24, 2.45) is 5.92 Å². The Bertz CT molecular complexity index is 679. The summed E-state index contributed by atoms with van der Waals surface area (Å²) in [6.07, 6.45) is 0. The van der Waals surface area contributed by atoms with E-state index in [1.807, 2.05) is 0 Å². The average molecular weight is 296 g/mol. The Balaban J connectivity index is 2.64. The summed E-state index contributed by atoms with van der Waals surface area (Å²) in [4.78, 5) is 12.1. The Morgan fingerprint density at radius 2 is 2.10 bits per heavy atom. The molecule has 106 valence electrons. The van der Waals surface area contributed by atoms with Gasteiger partial charge in [-0.2, -0.15) is 0 Å². The zero-order valence-corrected chi connectivity index (χ0v) is 12.2. The predicted octanol–water partition coefficient (Wildman–Crippen LogP) is 3.39. The predicted molar refractivity (Wildman–Crippen MR) is 76.8 cm³/mol. The van der Waals surface area contributed by atoms with Crippen LogP contribution < -0.4 is 5.73 Å². The van der Waals surface area contributed by atoms with E-state index in [-0.39, 0.29) is 28.2 Å². The quantitative estimate of drug-likeness (QED) is 0.883. The lowest BCUT2D eigenvalue weighted by Crippen LogP contribution is -2.11. The van der Waals surface area contributed by atoms with Crippen LogP contribution in [0.15, 0.2) is 18.2 Å². The molecule has 0 atom stereocenters. The Labute approximate surface area is 121 Å². The number of nitrogen functional groups attached to an aromatic ring is 1. The third-order valence-electron chi connectivity index (χ3n) is 3.07. The largest absolute Gasteiger partial charge is 0.382 e. The molecule has 4 nitrogen and oxygen atoms in total. The molecule has 6 heteroatoms. The second-order valence-electron chi connectivity index (χ2n) is 4.85. The number of nitrogens with two attached hydrogens (primary N) is 1. The molecule has 20 heavy (non-hydrogen) atoms. The Hall–Kier alpha value is -1.88. The van der Waals surface area contributed by atoms with Crippen LogP contribution in [0.5, 0.6) is 0 Å². The van der Waals surface area contributed by atoms with Crippen LogP contribution in [0.2, 0.25) is 5.02 Å². The number of halogens is 2. The molecule has 0 spiro atoms. The summed E-state index contributed by atoms with van der Waals surface area (Å²) in [5.41, 5.74) is 6.80. The van der Waals surface area contributed by atoms with Crippen molar-refractivity contribution in [3.63, 3.8) is 0 Å². The van der Waals surface area contributed by atoms with E-state index >= 15 is 0 Å². The maximum absolute atomic E-state index is 14.0. The van der Waals surface area contributed by atoms with Crippen molar-refractivity contribution < 1.29 is 9.18 Å². The van der Waals surface area contributed by atoms with E-state index in [9.17, 15) is 9.18 Å². The van der Waals surface area contributed by atoms with Gasteiger partial charge >= 0.3 is 0 Å². The number of hydrogen-bond donors (Lipinski definition) is 1. The highest BCUT2D eigenvalue weighted by atomic mass is 35.5. The summed E-state index contributed by atoms with van der Waals surface area (Å²) in [7, 11) is 0. The molecule has 1 heterocycles. The molecule has 0 aliphatic rings. The third-order valence-corrected chi connectivity index (χ3v) is 3.37. The molecule has 0 amide bonds. The third kappa shape index (κ3) is 2.29. The van der Waals surface area contributed by atoms with E-state index in [1.165, 1.54) is 16.8 Å². The first kappa shape index (κ1) is 14.5. The normalized spacial score (nSPS) is 11.1. The van der Waals surface area contributed by atoms with Gasteiger partial charge in [0.2, 0.25) is 0 Å². The van der Waals surface area contributed by atoms with Crippen molar-refractivity contribution in [2.75, 3.05) is 5.73 Å². The molecule has 0 bridgehead atoms. The minimum atomic E-state index is -0.594. The number of benzene rings is 1. The maximum Gasteiger partial charge on any atom is 0.170 e. The van der Waals surface area contributed by atoms with Crippen LogP contribution >= 0.6 is 11.6 Å². The van der Waals surface area contributed by atoms with Crippen molar-refractivity contribution in [3.8, 4) is 5.69 Å². The first-order chi connectivity index (χ1) is 9.34. The number of anilines is 1. The first-order valence-corrected chi connectivity index (χ1v) is 6.56. The van der Waals surface area contributed by atoms with Crippen LogP contribution in [0.1, 0.15) is 29.9 Å². The SMILES string of the molecule is Cc1c(C(=O)C(C)C)c(N)nn1-c1cccc(Cl)c1F. The molecule has 0 aliphatic carbocycles. The van der Waals surface area contributed by atoms with Crippen LogP contribution in [-0.4, -0.2) is 15.6 Å². The van der Waals surface area contributed by atoms with Crippen LogP contribution in [0.25, 0.3) is 5.69 Å². The molecule has 0 aliphatic heterocycles. The lowest BCUT2D eigenvalue weighted by atomic mass is 10.0. The number of hydrogen-bond acceptors (Lipinski definition) is 3. The van der Waals surface area contributed by atoms with E-state index < -0.39 is 5.82 Å². The molecule has 2 rings (SSSR count). The van der Waals surface area contributed by atoms with E-state index in [0.717, 1.165) is 0 Å². The van der Waals surface area contributed by atoms with E-state index in [0.29, 0.717) is 11.3 Å². The Morgan fingerprint density at radius 3 is 2.70 bits per heavy atom. The molecule has 0 saturated carbocycles. The van der Waals surface area contributed by atoms with Crippen molar-refractivity contribution >= 4 is 23.2 Å². The molecule has 2 aromatic rings. The number of carbonyl (C=O) groups excluding carboxylic acids is 1. The number of Topliss-reactive ketones (excluding diaryl/α,β-unsaturated/α-hetero) is 1. The van der Waals surface area contributed by atoms with Gasteiger partial charge < -0.3 is 5.73 Å². The van der Waals surface area contributed by atoms with Gasteiger partial charge in [0, 0.05) is 5.92 Å². The molecular weight excluding hydrogens is 281 g/mol. The van der Waals surface area contributed by atoms with E-state index in [2.05, 4.69) is 5.10 Å². The smallest absolute Gasteiger partial charge is 0.170 e. The molecule has 0 saturated heterocycles. The van der Waals surface area contributed by atoms with Crippen LogP contribution in [0, 0.1) is 18.7 Å². The number of rotatable bonds is 3. The number of ketones is 1. The summed E-state index contributed by atoms with van der Waals surface area (Å²) in [5.74, 6) is -0.824. The van der Waals surface area contributed by atoms with Crippen LogP contribution in [-0.2, 0) is 0 Å². The van der Waals surface area contributed by atoms with Crippen LogP contribution in [0.4, 0.5) is 10.2 Å². The highest BCUT2D eigenvalue weighted by Crippen LogP contribution is 2.26. The molecule has 2 N–H and O–H groups in total. The van der Waals surface area contributed by atoms with Crippen LogP contribution in [0.3, 0.4) is 0 Å². The summed E-state index contributed by atoms with van der Waals surface area (Å²) in [5, 5.41) is 4.05. The van der Waals surface area contributed by atoms with Gasteiger partial charge in [0.05, 0.1) is 16.3 Å². The monoisotopic (exact) mass is 295 g/mol. The molecule has 1 aromatic carbocycles. The molecule has 0 radical (unpaired) electrons. The lowest BCUT2D eigenvalue weighted by Gasteiger charge is -2.08. The second kappa shape index (κ2) is 5.25. The van der Waals surface area contributed by atoms with Gasteiger partial charge in [-0.1, -0.05) is 31.5 Å². The van der Waals surface area contributed by atoms with Gasteiger partial charge in [0.15, 0.2) is 17.4 Å². The summed E-state index contributed by atoms with van der Waals surface area (Å²) in [6.45, 7) is 5.23. The van der Waals surface area contributed by atoms with E-state index in [4.69, 9.17) is 17.3 Å². The van der Waals surface area contributed by atoms with Crippen molar-refractivity contribution in [1.29, 1.82) is 0 Å². The second-order valence-corrected chi connectivity index (χ2v) is 5.26. The molecule has 0 fully saturated rings. The highest BCUT2D eigenvalue weighted by Gasteiger charge is 2.23. The lowest BCUT2D eigenvalue weighted by molar-refractivity contribution is 0.0939. The highest BCUT2D eigenvalue weighted by molar-refractivity contribution is 6.30. The number of carbonyl (C=O) groups is 1. The number of nitrogens with zero attached hydrogens (tertiary/aromatic N) is 2. The fraction of sp³-hybridized carbons (Fsp3) is 0.286. The van der Waals surface area contributed by atoms with Crippen molar-refractivity contribution in [3.05, 3.63) is 40.3 Å². The van der Waals surface area contributed by atoms with Gasteiger partial charge in [0.25, 0.3) is 0 Å². The van der Waals surface area contributed by atoms with Crippen molar-refractivity contribution in [2.45, 2.75) is 20.8 Å². The topological polar surface area (TPSA) is 60.9 Å². The average Bonchev–Trinajstić information content (AvgIpc) is 2.67. The Morgan fingerprint density at radius 1 is 1.45 bits per heavy atom. The minimum absolute atomic E-state index is 0.00675. The number of aromatic nitrogens is 2. The standard InChI is InChI=1S/C14H15ClFN3O/c1-7(2)13(20)11-8(3)19(18-14(11)17)10-6-4-5-9(15)12(10)16/h4-7H,1-3H3,(H2,17,18). The van der Waals surface area contributed by atoms with E-state index in [1.54, 1.807) is 26.8 Å². The van der Waals surface area contributed by atoms with Gasteiger partial charge in [-0.25, -0.2) is 9.07 Å². The zero-order valence-electron chi connectivity index (χ0n) is 11.4.